The largest absolute Gasteiger partial charge is 0.356 e. The molecule has 0 radical (unpaired) electrons. The monoisotopic (exact) mass is 343 g/mol. The molecule has 0 unspecified atom stereocenters. The normalized spacial score (nSPS) is 25.3. The van der Waals surface area contributed by atoms with Crippen molar-refractivity contribution in [2.75, 3.05) is 26.2 Å². The smallest absolute Gasteiger partial charge is 0.220 e. The van der Waals surface area contributed by atoms with Gasteiger partial charge in [-0.3, -0.25) is 0 Å². The average molecular weight is 344 g/mol. The van der Waals surface area contributed by atoms with E-state index < -0.39 is 10.0 Å². The Hall–Kier alpha value is -1.15. The Balaban J connectivity index is 0.00000144. The highest BCUT2D eigenvalue weighted by Crippen LogP contribution is 2.30. The molecule has 2 aliphatic heterocycles. The van der Waals surface area contributed by atoms with Crippen LogP contribution in [0.15, 0.2) is 28.8 Å². The van der Waals surface area contributed by atoms with Crippen molar-refractivity contribution in [3.63, 3.8) is 0 Å². The first-order valence-electron chi connectivity index (χ1n) is 7.15. The van der Waals surface area contributed by atoms with Gasteiger partial charge in [-0.05, 0) is 37.1 Å². The summed E-state index contributed by atoms with van der Waals surface area (Å²) >= 11 is 0. The molecule has 4 rings (SSSR count). The molecule has 2 aliphatic rings. The fourth-order valence-corrected chi connectivity index (χ4v) is 4.92. The number of aromatic nitrogens is 1. The van der Waals surface area contributed by atoms with E-state index in [1.807, 2.05) is 18.2 Å². The minimum atomic E-state index is -3.33. The van der Waals surface area contributed by atoms with Gasteiger partial charge in [-0.25, -0.2) is 12.7 Å². The molecule has 0 aliphatic carbocycles. The van der Waals surface area contributed by atoms with Gasteiger partial charge in [0.05, 0.1) is 0 Å². The maximum atomic E-state index is 12.6. The zero-order chi connectivity index (χ0) is 14.4. The van der Waals surface area contributed by atoms with E-state index in [1.165, 1.54) is 0 Å². The number of para-hydroxylation sites is 1. The van der Waals surface area contributed by atoms with Crippen molar-refractivity contribution < 1.29 is 12.9 Å². The van der Waals surface area contributed by atoms with Crippen LogP contribution in [0.1, 0.15) is 5.69 Å². The fraction of sp³-hybridized carbons (Fsp3) is 0.500. The van der Waals surface area contributed by atoms with Crippen molar-refractivity contribution in [1.82, 2.24) is 14.8 Å². The zero-order valence-electron chi connectivity index (χ0n) is 11.9. The number of rotatable bonds is 3. The summed E-state index contributed by atoms with van der Waals surface area (Å²) in [5, 5.41) is 8.03. The summed E-state index contributed by atoms with van der Waals surface area (Å²) in [6, 6.07) is 7.35. The van der Waals surface area contributed by atoms with Crippen LogP contribution in [0.2, 0.25) is 0 Å². The van der Waals surface area contributed by atoms with E-state index >= 15 is 0 Å². The lowest BCUT2D eigenvalue weighted by atomic mass is 10.0. The Bertz CT molecular complexity index is 764. The quantitative estimate of drug-likeness (QED) is 0.907. The standard InChI is InChI=1S/C14H17N3O3S.ClH/c18-21(19,17-7-10-5-15-6-11(10)8-17)9-13-12-3-1-2-4-14(12)20-16-13;/h1-4,10-11,15H,5-9H2;1H/t10-,11+;. The molecule has 0 amide bonds. The Kier molecular flexibility index (Phi) is 4.15. The highest BCUT2D eigenvalue weighted by Gasteiger charge is 2.41. The molecule has 8 heteroatoms. The number of hydrogen-bond acceptors (Lipinski definition) is 5. The molecule has 2 atom stereocenters. The van der Waals surface area contributed by atoms with Crippen LogP contribution in [0, 0.1) is 11.8 Å². The molecule has 22 heavy (non-hydrogen) atoms. The number of benzene rings is 1. The minimum Gasteiger partial charge on any atom is -0.356 e. The van der Waals surface area contributed by atoms with Crippen molar-refractivity contribution >= 4 is 33.4 Å². The predicted octanol–water partition coefficient (Wildman–Crippen LogP) is 1.23. The van der Waals surface area contributed by atoms with Gasteiger partial charge in [0.15, 0.2) is 5.58 Å². The van der Waals surface area contributed by atoms with E-state index in [0.717, 1.165) is 18.5 Å². The maximum absolute atomic E-state index is 12.6. The number of sulfonamides is 1. The first-order chi connectivity index (χ1) is 10.1. The second-order valence-electron chi connectivity index (χ2n) is 5.88. The third-order valence-corrected chi connectivity index (χ3v) is 6.24. The van der Waals surface area contributed by atoms with Crippen LogP contribution in [0.4, 0.5) is 0 Å². The van der Waals surface area contributed by atoms with E-state index in [1.54, 1.807) is 10.4 Å². The van der Waals surface area contributed by atoms with Gasteiger partial charge in [0.2, 0.25) is 10.0 Å². The first-order valence-corrected chi connectivity index (χ1v) is 8.76. The molecule has 1 N–H and O–H groups in total. The molecular formula is C14H18ClN3O3S. The van der Waals surface area contributed by atoms with E-state index in [9.17, 15) is 8.42 Å². The average Bonchev–Trinajstić information content (AvgIpc) is 3.12. The van der Waals surface area contributed by atoms with Gasteiger partial charge in [0.25, 0.3) is 0 Å². The third-order valence-electron chi connectivity index (χ3n) is 4.52. The third kappa shape index (κ3) is 2.62. The van der Waals surface area contributed by atoms with Crippen LogP contribution in [-0.2, 0) is 15.8 Å². The number of halogens is 1. The lowest BCUT2D eigenvalue weighted by molar-refractivity contribution is 0.436. The van der Waals surface area contributed by atoms with Gasteiger partial charge in [0.1, 0.15) is 11.4 Å². The molecule has 0 spiro atoms. The lowest BCUT2D eigenvalue weighted by Gasteiger charge is -2.16. The van der Waals surface area contributed by atoms with Crippen molar-refractivity contribution in [3.05, 3.63) is 30.0 Å². The molecule has 2 fully saturated rings. The number of fused-ring (bicyclic) bond motifs is 2. The van der Waals surface area contributed by atoms with Crippen LogP contribution < -0.4 is 5.32 Å². The second-order valence-corrected chi connectivity index (χ2v) is 7.85. The summed E-state index contributed by atoms with van der Waals surface area (Å²) in [5.74, 6) is 0.819. The van der Waals surface area contributed by atoms with Gasteiger partial charge < -0.3 is 9.84 Å². The Labute approximate surface area is 135 Å². The maximum Gasteiger partial charge on any atom is 0.220 e. The molecule has 1 aromatic carbocycles. The summed E-state index contributed by atoms with van der Waals surface area (Å²) in [6.07, 6.45) is 0. The summed E-state index contributed by atoms with van der Waals surface area (Å²) in [6.45, 7) is 3.08. The molecule has 3 heterocycles. The van der Waals surface area contributed by atoms with Crippen molar-refractivity contribution in [3.8, 4) is 0 Å². The summed E-state index contributed by atoms with van der Waals surface area (Å²) in [4.78, 5) is 0. The number of hydrogen-bond donors (Lipinski definition) is 1. The number of nitrogens with zero attached hydrogens (tertiary/aromatic N) is 2. The van der Waals surface area contributed by atoms with Crippen molar-refractivity contribution in [1.29, 1.82) is 0 Å². The van der Waals surface area contributed by atoms with Crippen LogP contribution in [0.3, 0.4) is 0 Å². The molecule has 0 bridgehead atoms. The van der Waals surface area contributed by atoms with Gasteiger partial charge in [0, 0.05) is 18.5 Å². The van der Waals surface area contributed by atoms with E-state index in [2.05, 4.69) is 10.5 Å². The Morgan fingerprint density at radius 3 is 2.64 bits per heavy atom. The van der Waals surface area contributed by atoms with Gasteiger partial charge in [-0.15, -0.1) is 12.4 Å². The predicted molar refractivity (Wildman–Crippen MR) is 85.3 cm³/mol. The lowest BCUT2D eigenvalue weighted by Crippen LogP contribution is -2.32. The molecular weight excluding hydrogens is 326 g/mol. The highest BCUT2D eigenvalue weighted by molar-refractivity contribution is 7.88. The van der Waals surface area contributed by atoms with Crippen molar-refractivity contribution in [2.24, 2.45) is 11.8 Å². The minimum absolute atomic E-state index is 0. The molecule has 0 saturated carbocycles. The molecule has 2 saturated heterocycles. The second kappa shape index (κ2) is 5.81. The molecule has 120 valence electrons. The fourth-order valence-electron chi connectivity index (χ4n) is 3.35. The van der Waals surface area contributed by atoms with Crippen LogP contribution in [0.5, 0.6) is 0 Å². The Morgan fingerprint density at radius 1 is 1.23 bits per heavy atom. The van der Waals surface area contributed by atoms with E-state index in [4.69, 9.17) is 4.52 Å². The Morgan fingerprint density at radius 2 is 1.91 bits per heavy atom. The molecule has 1 aromatic heterocycles. The van der Waals surface area contributed by atoms with Gasteiger partial charge in [-0.1, -0.05) is 17.3 Å². The SMILES string of the molecule is Cl.O=S(=O)(Cc1noc2ccccc12)N1C[C@H]2CNC[C@H]2C1. The van der Waals surface area contributed by atoms with Crippen LogP contribution in [-0.4, -0.2) is 44.1 Å². The van der Waals surface area contributed by atoms with Crippen LogP contribution >= 0.6 is 12.4 Å². The summed E-state index contributed by atoms with van der Waals surface area (Å²) in [7, 11) is -3.33. The van der Waals surface area contributed by atoms with E-state index in [-0.39, 0.29) is 18.2 Å². The zero-order valence-corrected chi connectivity index (χ0v) is 13.6. The molecule has 6 nitrogen and oxygen atoms in total. The van der Waals surface area contributed by atoms with Gasteiger partial charge >= 0.3 is 0 Å². The van der Waals surface area contributed by atoms with E-state index in [0.29, 0.717) is 36.2 Å². The highest BCUT2D eigenvalue weighted by atomic mass is 35.5. The first kappa shape index (κ1) is 15.7. The van der Waals surface area contributed by atoms with Crippen molar-refractivity contribution in [2.45, 2.75) is 5.75 Å². The van der Waals surface area contributed by atoms with Crippen LogP contribution in [0.25, 0.3) is 11.0 Å². The summed E-state index contributed by atoms with van der Waals surface area (Å²) in [5.41, 5.74) is 1.13. The summed E-state index contributed by atoms with van der Waals surface area (Å²) < 4.78 is 32.0. The topological polar surface area (TPSA) is 75.4 Å². The number of nitrogens with one attached hydrogen (secondary N) is 1. The van der Waals surface area contributed by atoms with Gasteiger partial charge in [-0.2, -0.15) is 0 Å². The molecule has 2 aromatic rings.